The number of likely N-dealkylation sites (tertiary alicyclic amines) is 1. The molecule has 6 nitrogen and oxygen atoms in total. The van der Waals surface area contributed by atoms with Gasteiger partial charge in [0.05, 0.1) is 0 Å². The summed E-state index contributed by atoms with van der Waals surface area (Å²) in [5, 5.41) is 0. The second-order valence-corrected chi connectivity index (χ2v) is 9.21. The number of pyridine rings is 1. The topological polar surface area (TPSA) is 60.2 Å². The van der Waals surface area contributed by atoms with Crippen LogP contribution in [-0.2, 0) is 6.54 Å². The van der Waals surface area contributed by atoms with Crippen LogP contribution in [0.5, 0.6) is 11.6 Å². The fourth-order valence-electron chi connectivity index (χ4n) is 4.60. The van der Waals surface area contributed by atoms with Gasteiger partial charge in [-0.15, -0.1) is 0 Å². The number of hydrogen-bond acceptors (Lipinski definition) is 4. The molecule has 178 valence electrons. The molecule has 1 saturated heterocycles. The fraction of sp³-hybridized carbons (Fsp3) is 0.276. The van der Waals surface area contributed by atoms with Crippen molar-refractivity contribution in [1.29, 1.82) is 0 Å². The number of piperidine rings is 1. The molecule has 5 rings (SSSR count). The second kappa shape index (κ2) is 10.1. The molecule has 35 heavy (non-hydrogen) atoms. The van der Waals surface area contributed by atoms with Crippen molar-refractivity contribution < 1.29 is 9.53 Å². The third-order valence-electron chi connectivity index (χ3n) is 6.57. The van der Waals surface area contributed by atoms with Gasteiger partial charge in [0.25, 0.3) is 5.91 Å². The zero-order chi connectivity index (χ0) is 24.2. The Balaban J connectivity index is 1.28. The number of aryl methyl sites for hydroxylation is 2. The van der Waals surface area contributed by atoms with Gasteiger partial charge < -0.3 is 14.2 Å². The lowest BCUT2D eigenvalue weighted by Gasteiger charge is -2.32. The third kappa shape index (κ3) is 5.43. The van der Waals surface area contributed by atoms with Gasteiger partial charge in [0.1, 0.15) is 11.6 Å². The largest absolute Gasteiger partial charge is 0.439 e. The Morgan fingerprint density at radius 2 is 1.89 bits per heavy atom. The summed E-state index contributed by atoms with van der Waals surface area (Å²) in [4.78, 5) is 24.4. The highest BCUT2D eigenvalue weighted by Crippen LogP contribution is 2.29. The Labute approximate surface area is 206 Å². The van der Waals surface area contributed by atoms with Crippen LogP contribution in [0.1, 0.15) is 51.8 Å². The zero-order valence-corrected chi connectivity index (χ0v) is 20.2. The maximum absolute atomic E-state index is 13.4. The van der Waals surface area contributed by atoms with Gasteiger partial charge in [-0.05, 0) is 62.6 Å². The van der Waals surface area contributed by atoms with Crippen LogP contribution in [0.3, 0.4) is 0 Å². The lowest BCUT2D eigenvalue weighted by atomic mass is 9.93. The molecule has 1 aliphatic heterocycles. The van der Waals surface area contributed by atoms with Crippen molar-refractivity contribution in [3.05, 3.63) is 107 Å². The van der Waals surface area contributed by atoms with E-state index in [1.165, 1.54) is 5.56 Å². The molecule has 0 unspecified atom stereocenters. The SMILES string of the molecule is Cc1ccc(Oc2cccc([C@@H]3CCCN(C(=O)c4cccc(Cn5ccnc5C)c4)C3)n2)cc1. The van der Waals surface area contributed by atoms with E-state index < -0.39 is 0 Å². The van der Waals surface area contributed by atoms with Gasteiger partial charge in [-0.1, -0.05) is 35.9 Å². The minimum Gasteiger partial charge on any atom is -0.439 e. The number of benzene rings is 2. The highest BCUT2D eigenvalue weighted by Gasteiger charge is 2.26. The predicted octanol–water partition coefficient (Wildman–Crippen LogP) is 5.76. The number of carbonyl (C=O) groups is 1. The number of amides is 1. The summed E-state index contributed by atoms with van der Waals surface area (Å²) in [6.45, 7) is 6.16. The first kappa shape index (κ1) is 22.8. The smallest absolute Gasteiger partial charge is 0.253 e. The van der Waals surface area contributed by atoms with Crippen molar-refractivity contribution in [2.45, 2.75) is 39.2 Å². The van der Waals surface area contributed by atoms with E-state index in [2.05, 4.69) is 22.5 Å². The van der Waals surface area contributed by atoms with E-state index in [4.69, 9.17) is 9.72 Å². The monoisotopic (exact) mass is 466 g/mol. The van der Waals surface area contributed by atoms with E-state index in [1.807, 2.05) is 78.7 Å². The minimum absolute atomic E-state index is 0.0750. The minimum atomic E-state index is 0.0750. The first-order chi connectivity index (χ1) is 17.0. The van der Waals surface area contributed by atoms with Crippen LogP contribution in [0, 0.1) is 13.8 Å². The van der Waals surface area contributed by atoms with Crippen molar-refractivity contribution in [3.63, 3.8) is 0 Å². The molecule has 2 aromatic heterocycles. The maximum Gasteiger partial charge on any atom is 0.253 e. The van der Waals surface area contributed by atoms with Crippen LogP contribution in [0.2, 0.25) is 0 Å². The molecule has 3 heterocycles. The van der Waals surface area contributed by atoms with Gasteiger partial charge in [-0.25, -0.2) is 9.97 Å². The molecule has 0 saturated carbocycles. The molecule has 0 aliphatic carbocycles. The van der Waals surface area contributed by atoms with Gasteiger partial charge in [-0.2, -0.15) is 0 Å². The van der Waals surface area contributed by atoms with E-state index in [0.717, 1.165) is 47.8 Å². The highest BCUT2D eigenvalue weighted by molar-refractivity contribution is 5.94. The van der Waals surface area contributed by atoms with Crippen LogP contribution in [0.25, 0.3) is 0 Å². The lowest BCUT2D eigenvalue weighted by molar-refractivity contribution is 0.0705. The molecule has 1 fully saturated rings. The van der Waals surface area contributed by atoms with E-state index in [9.17, 15) is 4.79 Å². The average Bonchev–Trinajstić information content (AvgIpc) is 3.29. The number of nitrogens with zero attached hydrogens (tertiary/aromatic N) is 4. The molecular weight excluding hydrogens is 436 g/mol. The Morgan fingerprint density at radius 3 is 2.69 bits per heavy atom. The van der Waals surface area contributed by atoms with Crippen LogP contribution in [0.4, 0.5) is 0 Å². The van der Waals surface area contributed by atoms with Crippen LogP contribution < -0.4 is 4.74 Å². The molecule has 0 spiro atoms. The van der Waals surface area contributed by atoms with Crippen LogP contribution in [0.15, 0.2) is 79.1 Å². The molecule has 2 aromatic carbocycles. The molecule has 0 N–H and O–H groups in total. The van der Waals surface area contributed by atoms with E-state index in [0.29, 0.717) is 19.0 Å². The van der Waals surface area contributed by atoms with Crippen LogP contribution >= 0.6 is 0 Å². The van der Waals surface area contributed by atoms with Crippen molar-refractivity contribution in [2.24, 2.45) is 0 Å². The summed E-state index contributed by atoms with van der Waals surface area (Å²) in [6, 6.07) is 21.8. The standard InChI is InChI=1S/C29H30N4O2/c1-21-11-13-26(14-12-21)35-28-10-4-9-27(31-28)25-8-5-16-33(20-25)29(34)24-7-3-6-23(18-24)19-32-17-15-30-22(32)2/h3-4,6-7,9-15,17-18,25H,5,8,16,19-20H2,1-2H3/t25-/m1/s1. The van der Waals surface area contributed by atoms with Crippen LogP contribution in [-0.4, -0.2) is 38.4 Å². The first-order valence-corrected chi connectivity index (χ1v) is 12.1. The molecule has 1 amide bonds. The Hall–Kier alpha value is -3.93. The molecule has 6 heteroatoms. The molecule has 1 atom stereocenters. The summed E-state index contributed by atoms with van der Waals surface area (Å²) in [5.41, 5.74) is 3.98. The lowest BCUT2D eigenvalue weighted by Crippen LogP contribution is -2.39. The highest BCUT2D eigenvalue weighted by atomic mass is 16.5. The van der Waals surface area contributed by atoms with Gasteiger partial charge >= 0.3 is 0 Å². The summed E-state index contributed by atoms with van der Waals surface area (Å²) in [6.07, 6.45) is 5.72. The summed E-state index contributed by atoms with van der Waals surface area (Å²) < 4.78 is 8.06. The number of carbonyl (C=O) groups excluding carboxylic acids is 1. The Kier molecular flexibility index (Phi) is 6.62. The van der Waals surface area contributed by atoms with E-state index in [1.54, 1.807) is 6.20 Å². The molecule has 4 aromatic rings. The fourth-order valence-corrected chi connectivity index (χ4v) is 4.60. The van der Waals surface area contributed by atoms with Gasteiger partial charge in [-0.3, -0.25) is 4.79 Å². The summed E-state index contributed by atoms with van der Waals surface area (Å²) >= 11 is 0. The van der Waals surface area contributed by atoms with E-state index in [-0.39, 0.29) is 11.8 Å². The predicted molar refractivity (Wildman–Crippen MR) is 136 cm³/mol. The number of hydrogen-bond donors (Lipinski definition) is 0. The first-order valence-electron chi connectivity index (χ1n) is 12.1. The number of aromatic nitrogens is 3. The Bertz CT molecular complexity index is 1310. The van der Waals surface area contributed by atoms with Gasteiger partial charge in [0, 0.05) is 55.3 Å². The number of ether oxygens (including phenoxy) is 1. The maximum atomic E-state index is 13.4. The van der Waals surface area contributed by atoms with Gasteiger partial charge in [0.2, 0.25) is 5.88 Å². The van der Waals surface area contributed by atoms with Crippen molar-refractivity contribution in [2.75, 3.05) is 13.1 Å². The van der Waals surface area contributed by atoms with Gasteiger partial charge in [0.15, 0.2) is 0 Å². The normalized spacial score (nSPS) is 15.7. The summed E-state index contributed by atoms with van der Waals surface area (Å²) in [7, 11) is 0. The van der Waals surface area contributed by atoms with Crippen molar-refractivity contribution in [3.8, 4) is 11.6 Å². The number of imidazole rings is 1. The molecule has 0 bridgehead atoms. The molecular formula is C29H30N4O2. The molecule has 0 radical (unpaired) electrons. The third-order valence-corrected chi connectivity index (χ3v) is 6.57. The Morgan fingerprint density at radius 1 is 1.06 bits per heavy atom. The number of rotatable bonds is 6. The van der Waals surface area contributed by atoms with Crippen molar-refractivity contribution >= 4 is 5.91 Å². The second-order valence-electron chi connectivity index (χ2n) is 9.21. The van der Waals surface area contributed by atoms with E-state index >= 15 is 0 Å². The summed E-state index contributed by atoms with van der Waals surface area (Å²) in [5.74, 6) is 2.57. The quantitative estimate of drug-likeness (QED) is 0.363. The molecule has 1 aliphatic rings. The average molecular weight is 467 g/mol. The zero-order valence-electron chi connectivity index (χ0n) is 20.2. The van der Waals surface area contributed by atoms with Crippen molar-refractivity contribution in [1.82, 2.24) is 19.4 Å².